The Morgan fingerprint density at radius 2 is 1.91 bits per heavy atom. The molecule has 122 valence electrons. The average Bonchev–Trinajstić information content (AvgIpc) is 2.51. The van der Waals surface area contributed by atoms with Crippen molar-refractivity contribution in [1.29, 1.82) is 0 Å². The molecule has 0 aromatic heterocycles. The zero-order valence-electron chi connectivity index (χ0n) is 12.4. The molecule has 0 saturated heterocycles. The number of benzene rings is 2. The fraction of sp³-hybridized carbons (Fsp3) is 0.188. The monoisotopic (exact) mass is 324 g/mol. The van der Waals surface area contributed by atoms with Gasteiger partial charge in [-0.2, -0.15) is 0 Å². The molecular formula is C16H14F2O5. The van der Waals surface area contributed by atoms with Gasteiger partial charge in [-0.3, -0.25) is 0 Å². The van der Waals surface area contributed by atoms with Crippen LogP contribution in [0.5, 0.6) is 11.5 Å². The van der Waals surface area contributed by atoms with Gasteiger partial charge in [-0.25, -0.2) is 13.6 Å². The summed E-state index contributed by atoms with van der Waals surface area (Å²) in [6.07, 6.45) is 0. The van der Waals surface area contributed by atoms with Crippen LogP contribution in [0.25, 0.3) is 11.1 Å². The van der Waals surface area contributed by atoms with Crippen molar-refractivity contribution < 1.29 is 33.3 Å². The highest BCUT2D eigenvalue weighted by atomic mass is 19.2. The number of halogens is 2. The first-order valence-electron chi connectivity index (χ1n) is 6.54. The molecule has 0 radical (unpaired) electrons. The first-order chi connectivity index (χ1) is 10.9. The summed E-state index contributed by atoms with van der Waals surface area (Å²) in [7, 11) is 1.36. The van der Waals surface area contributed by atoms with Gasteiger partial charge in [-0.1, -0.05) is 0 Å². The van der Waals surface area contributed by atoms with E-state index in [0.717, 1.165) is 6.07 Å². The topological polar surface area (TPSA) is 76.0 Å². The number of carboxylic acids is 1. The van der Waals surface area contributed by atoms with Gasteiger partial charge in [-0.05, 0) is 31.2 Å². The molecule has 0 saturated carbocycles. The fourth-order valence-electron chi connectivity index (χ4n) is 2.16. The molecule has 7 heteroatoms. The molecule has 0 aliphatic rings. The Bertz CT molecular complexity index is 759. The van der Waals surface area contributed by atoms with E-state index in [-0.39, 0.29) is 34.8 Å². The number of carbonyl (C=O) groups is 1. The summed E-state index contributed by atoms with van der Waals surface area (Å²) >= 11 is 0. The molecule has 2 aromatic carbocycles. The predicted molar refractivity (Wildman–Crippen MR) is 77.7 cm³/mol. The van der Waals surface area contributed by atoms with E-state index in [1.165, 1.54) is 32.2 Å². The van der Waals surface area contributed by atoms with Gasteiger partial charge in [0.25, 0.3) is 0 Å². The highest BCUT2D eigenvalue weighted by molar-refractivity contribution is 5.92. The average molecular weight is 324 g/mol. The summed E-state index contributed by atoms with van der Waals surface area (Å²) in [6, 6.07) is 4.49. The van der Waals surface area contributed by atoms with Crippen molar-refractivity contribution >= 4 is 5.97 Å². The van der Waals surface area contributed by atoms with Gasteiger partial charge < -0.3 is 19.7 Å². The number of aromatic hydroxyl groups is 1. The van der Waals surface area contributed by atoms with Crippen LogP contribution in [0, 0.1) is 18.6 Å². The van der Waals surface area contributed by atoms with Crippen molar-refractivity contribution in [3.63, 3.8) is 0 Å². The Hall–Kier alpha value is -2.67. The van der Waals surface area contributed by atoms with Crippen LogP contribution >= 0.6 is 0 Å². The summed E-state index contributed by atoms with van der Waals surface area (Å²) in [6.45, 7) is 1.17. The van der Waals surface area contributed by atoms with Gasteiger partial charge in [0.2, 0.25) is 0 Å². The Labute approximate surface area is 130 Å². The summed E-state index contributed by atoms with van der Waals surface area (Å²) in [5, 5.41) is 19.2. The van der Waals surface area contributed by atoms with Gasteiger partial charge in [0, 0.05) is 18.2 Å². The third-order valence-electron chi connectivity index (χ3n) is 3.32. The molecule has 2 N–H and O–H groups in total. The second-order valence-corrected chi connectivity index (χ2v) is 4.72. The van der Waals surface area contributed by atoms with Crippen LogP contribution in [0.3, 0.4) is 0 Å². The predicted octanol–water partition coefficient (Wildman–Crippen LogP) is 3.33. The largest absolute Gasteiger partial charge is 0.507 e. The van der Waals surface area contributed by atoms with E-state index < -0.39 is 23.4 Å². The lowest BCUT2D eigenvalue weighted by molar-refractivity contribution is 0.0512. The highest BCUT2D eigenvalue weighted by Gasteiger charge is 2.22. The number of rotatable bonds is 5. The second kappa shape index (κ2) is 6.62. The molecule has 2 aromatic rings. The van der Waals surface area contributed by atoms with Crippen LogP contribution in [0.15, 0.2) is 24.3 Å². The standard InChI is InChI=1S/C16H14F2O5/c1-8-9(16(20)21)3-4-10(15(8)19)13-12(23-7-22-2)6-5-11(17)14(13)18/h3-6,19H,7H2,1-2H3,(H,20,21). The van der Waals surface area contributed by atoms with Gasteiger partial charge in [-0.15, -0.1) is 0 Å². The number of phenols is 1. The third kappa shape index (κ3) is 3.09. The minimum Gasteiger partial charge on any atom is -0.507 e. The highest BCUT2D eigenvalue weighted by Crippen LogP contribution is 2.41. The van der Waals surface area contributed by atoms with Crippen molar-refractivity contribution in [3.05, 3.63) is 47.0 Å². The van der Waals surface area contributed by atoms with Gasteiger partial charge in [0.1, 0.15) is 11.5 Å². The van der Waals surface area contributed by atoms with Crippen molar-refractivity contribution in [3.8, 4) is 22.6 Å². The molecule has 0 amide bonds. The number of aromatic carboxylic acids is 1. The molecule has 0 bridgehead atoms. The lowest BCUT2D eigenvalue weighted by Crippen LogP contribution is -2.04. The fourth-order valence-corrected chi connectivity index (χ4v) is 2.16. The quantitative estimate of drug-likeness (QED) is 0.825. The van der Waals surface area contributed by atoms with E-state index in [4.69, 9.17) is 14.6 Å². The zero-order chi connectivity index (χ0) is 17.1. The Kier molecular flexibility index (Phi) is 4.80. The number of carboxylic acid groups (broad SMARTS) is 1. The van der Waals surface area contributed by atoms with Crippen LogP contribution in [0.2, 0.25) is 0 Å². The van der Waals surface area contributed by atoms with E-state index in [0.29, 0.717) is 0 Å². The van der Waals surface area contributed by atoms with Gasteiger partial charge >= 0.3 is 5.97 Å². The molecular weight excluding hydrogens is 310 g/mol. The molecule has 0 spiro atoms. The van der Waals surface area contributed by atoms with Crippen LogP contribution in [-0.4, -0.2) is 30.1 Å². The lowest BCUT2D eigenvalue weighted by atomic mass is 9.97. The molecule has 23 heavy (non-hydrogen) atoms. The molecule has 5 nitrogen and oxygen atoms in total. The maximum absolute atomic E-state index is 14.2. The molecule has 2 rings (SSSR count). The van der Waals surface area contributed by atoms with Crippen molar-refractivity contribution in [2.24, 2.45) is 0 Å². The lowest BCUT2D eigenvalue weighted by Gasteiger charge is -2.15. The SMILES string of the molecule is COCOc1ccc(F)c(F)c1-c1ccc(C(=O)O)c(C)c1O. The van der Waals surface area contributed by atoms with Crippen molar-refractivity contribution in [1.82, 2.24) is 0 Å². The molecule has 0 aliphatic heterocycles. The molecule has 0 aliphatic carbocycles. The smallest absolute Gasteiger partial charge is 0.336 e. The number of phenolic OH excluding ortho intramolecular Hbond substituents is 1. The zero-order valence-corrected chi connectivity index (χ0v) is 12.4. The van der Waals surface area contributed by atoms with Crippen LogP contribution in [0.1, 0.15) is 15.9 Å². The first-order valence-corrected chi connectivity index (χ1v) is 6.54. The maximum Gasteiger partial charge on any atom is 0.336 e. The number of hydrogen-bond donors (Lipinski definition) is 2. The molecule has 0 unspecified atom stereocenters. The normalized spacial score (nSPS) is 10.6. The maximum atomic E-state index is 14.2. The van der Waals surface area contributed by atoms with E-state index in [9.17, 15) is 18.7 Å². The Balaban J connectivity index is 2.68. The van der Waals surface area contributed by atoms with Crippen LogP contribution in [-0.2, 0) is 4.74 Å². The van der Waals surface area contributed by atoms with Crippen LogP contribution < -0.4 is 4.74 Å². The van der Waals surface area contributed by atoms with Crippen molar-refractivity contribution in [2.75, 3.05) is 13.9 Å². The molecule has 0 atom stereocenters. The summed E-state index contributed by atoms with van der Waals surface area (Å²) in [4.78, 5) is 11.1. The summed E-state index contributed by atoms with van der Waals surface area (Å²) in [5.41, 5.74) is -0.478. The minimum atomic E-state index is -1.24. The molecule has 0 heterocycles. The van der Waals surface area contributed by atoms with E-state index in [1.807, 2.05) is 0 Å². The van der Waals surface area contributed by atoms with E-state index in [1.54, 1.807) is 0 Å². The summed E-state index contributed by atoms with van der Waals surface area (Å²) in [5.74, 6) is -4.07. The number of ether oxygens (including phenoxy) is 2. The van der Waals surface area contributed by atoms with Gasteiger partial charge in [0.15, 0.2) is 18.4 Å². The first kappa shape index (κ1) is 16.7. The van der Waals surface area contributed by atoms with E-state index >= 15 is 0 Å². The van der Waals surface area contributed by atoms with Gasteiger partial charge in [0.05, 0.1) is 11.1 Å². The van der Waals surface area contributed by atoms with Crippen LogP contribution in [0.4, 0.5) is 8.78 Å². The minimum absolute atomic E-state index is 0.0383. The molecule has 0 fully saturated rings. The van der Waals surface area contributed by atoms with Crippen molar-refractivity contribution in [2.45, 2.75) is 6.92 Å². The Morgan fingerprint density at radius 1 is 1.22 bits per heavy atom. The third-order valence-corrected chi connectivity index (χ3v) is 3.32. The number of methoxy groups -OCH3 is 1. The van der Waals surface area contributed by atoms with E-state index in [2.05, 4.69) is 0 Å². The second-order valence-electron chi connectivity index (χ2n) is 4.72. The number of hydrogen-bond acceptors (Lipinski definition) is 4. The summed E-state index contributed by atoms with van der Waals surface area (Å²) < 4.78 is 37.7. The Morgan fingerprint density at radius 3 is 2.52 bits per heavy atom.